The standard InChI is InChI=1S/C20H21F3NO5P/c1-2-27-19(25)14-24-12-3-13-28-30(24,26)18-10-8-17(9-11-18)29-16-6-4-15(5-7-16)20(21,22)23/h4-11H,2-3,12-14H2,1H3. The van der Waals surface area contributed by atoms with Gasteiger partial charge in [-0.3, -0.25) is 9.36 Å². The molecule has 0 N–H and O–H groups in total. The van der Waals surface area contributed by atoms with Gasteiger partial charge in [0.05, 0.1) is 24.1 Å². The first kappa shape index (κ1) is 22.3. The van der Waals surface area contributed by atoms with Crippen LogP contribution < -0.4 is 10.0 Å². The van der Waals surface area contributed by atoms with Crippen molar-refractivity contribution < 1.29 is 36.5 Å². The van der Waals surface area contributed by atoms with Gasteiger partial charge in [0.1, 0.15) is 18.0 Å². The Morgan fingerprint density at radius 3 is 2.27 bits per heavy atom. The summed E-state index contributed by atoms with van der Waals surface area (Å²) in [5.41, 5.74) is -0.764. The fourth-order valence-corrected chi connectivity index (χ4v) is 5.21. The van der Waals surface area contributed by atoms with Gasteiger partial charge in [0.25, 0.3) is 0 Å². The summed E-state index contributed by atoms with van der Waals surface area (Å²) >= 11 is 0. The summed E-state index contributed by atoms with van der Waals surface area (Å²) in [6, 6.07) is 10.5. The van der Waals surface area contributed by atoms with Crippen LogP contribution in [0, 0.1) is 0 Å². The number of benzene rings is 2. The highest BCUT2D eigenvalue weighted by Gasteiger charge is 2.38. The normalized spacial score (nSPS) is 20.0. The Morgan fingerprint density at radius 2 is 1.70 bits per heavy atom. The first-order valence-electron chi connectivity index (χ1n) is 9.34. The molecule has 0 radical (unpaired) electrons. The second-order valence-corrected chi connectivity index (χ2v) is 8.90. The molecule has 0 saturated carbocycles. The zero-order valence-corrected chi connectivity index (χ0v) is 17.1. The molecule has 1 heterocycles. The van der Waals surface area contributed by atoms with Crippen LogP contribution in [0.1, 0.15) is 18.9 Å². The van der Waals surface area contributed by atoms with Crippen LogP contribution in [0.4, 0.5) is 13.2 Å². The van der Waals surface area contributed by atoms with Crippen molar-refractivity contribution in [3.8, 4) is 11.5 Å². The lowest BCUT2D eigenvalue weighted by atomic mass is 10.2. The molecular formula is C20H21F3NO5P. The van der Waals surface area contributed by atoms with Gasteiger partial charge in [-0.1, -0.05) is 0 Å². The van der Waals surface area contributed by atoms with E-state index in [2.05, 4.69) is 0 Å². The van der Waals surface area contributed by atoms with Crippen molar-refractivity contribution >= 4 is 18.8 Å². The zero-order valence-electron chi connectivity index (χ0n) is 16.2. The van der Waals surface area contributed by atoms with Crippen LogP contribution in [-0.4, -0.2) is 36.9 Å². The smallest absolute Gasteiger partial charge is 0.416 e. The number of rotatable bonds is 6. The molecule has 3 rings (SSSR count). The number of halogens is 3. The van der Waals surface area contributed by atoms with Crippen molar-refractivity contribution in [2.24, 2.45) is 0 Å². The predicted octanol–water partition coefficient (Wildman–Crippen LogP) is 4.60. The average molecular weight is 443 g/mol. The number of nitrogens with zero attached hydrogens (tertiary/aromatic N) is 1. The molecule has 1 atom stereocenters. The van der Waals surface area contributed by atoms with E-state index in [0.29, 0.717) is 30.6 Å². The molecule has 0 amide bonds. The van der Waals surface area contributed by atoms with E-state index in [1.165, 1.54) is 16.8 Å². The summed E-state index contributed by atoms with van der Waals surface area (Å²) < 4.78 is 69.0. The molecule has 162 valence electrons. The Labute approximate surface area is 172 Å². The predicted molar refractivity (Wildman–Crippen MR) is 104 cm³/mol. The number of esters is 1. The second-order valence-electron chi connectivity index (χ2n) is 6.52. The third kappa shape index (κ3) is 5.22. The molecule has 0 spiro atoms. The van der Waals surface area contributed by atoms with Crippen LogP contribution in [0.3, 0.4) is 0 Å². The highest BCUT2D eigenvalue weighted by atomic mass is 31.2. The van der Waals surface area contributed by atoms with E-state index in [4.69, 9.17) is 14.0 Å². The lowest BCUT2D eigenvalue weighted by Gasteiger charge is -2.34. The third-order valence-electron chi connectivity index (χ3n) is 4.40. The molecule has 1 saturated heterocycles. The molecule has 6 nitrogen and oxygen atoms in total. The van der Waals surface area contributed by atoms with Gasteiger partial charge in [-0.25, -0.2) is 4.67 Å². The molecule has 2 aromatic rings. The number of ether oxygens (including phenoxy) is 2. The number of carbonyl (C=O) groups is 1. The minimum absolute atomic E-state index is 0.144. The monoisotopic (exact) mass is 443 g/mol. The molecule has 1 unspecified atom stereocenters. The summed E-state index contributed by atoms with van der Waals surface area (Å²) in [4.78, 5) is 11.8. The largest absolute Gasteiger partial charge is 0.465 e. The quantitative estimate of drug-likeness (QED) is 0.480. The van der Waals surface area contributed by atoms with Crippen molar-refractivity contribution in [3.05, 3.63) is 54.1 Å². The first-order chi connectivity index (χ1) is 14.2. The van der Waals surface area contributed by atoms with Crippen molar-refractivity contribution in [2.45, 2.75) is 19.5 Å². The molecule has 2 aromatic carbocycles. The van der Waals surface area contributed by atoms with Gasteiger partial charge in [-0.05, 0) is 61.9 Å². The molecule has 30 heavy (non-hydrogen) atoms. The minimum atomic E-state index is -4.41. The van der Waals surface area contributed by atoms with E-state index in [1.807, 2.05) is 0 Å². The maximum absolute atomic E-state index is 13.5. The molecule has 1 fully saturated rings. The van der Waals surface area contributed by atoms with Crippen LogP contribution in [0.25, 0.3) is 0 Å². The lowest BCUT2D eigenvalue weighted by Crippen LogP contribution is -2.37. The lowest BCUT2D eigenvalue weighted by molar-refractivity contribution is -0.143. The van der Waals surface area contributed by atoms with Gasteiger partial charge >= 0.3 is 19.7 Å². The SMILES string of the molecule is CCOC(=O)CN1CCCOP1(=O)c1ccc(Oc2ccc(C(F)(F)F)cc2)cc1. The molecule has 1 aliphatic heterocycles. The summed E-state index contributed by atoms with van der Waals surface area (Å²) in [5, 5.41) is 0.395. The fourth-order valence-electron chi connectivity index (χ4n) is 2.96. The van der Waals surface area contributed by atoms with Gasteiger partial charge in [-0.15, -0.1) is 0 Å². The molecular weight excluding hydrogens is 422 g/mol. The van der Waals surface area contributed by atoms with E-state index < -0.39 is 25.2 Å². The van der Waals surface area contributed by atoms with Crippen molar-refractivity contribution in [1.29, 1.82) is 0 Å². The van der Waals surface area contributed by atoms with Crippen molar-refractivity contribution in [3.63, 3.8) is 0 Å². The minimum Gasteiger partial charge on any atom is -0.465 e. The molecule has 1 aliphatic rings. The Kier molecular flexibility index (Phi) is 6.85. The van der Waals surface area contributed by atoms with Crippen LogP contribution in [0.15, 0.2) is 48.5 Å². The van der Waals surface area contributed by atoms with Gasteiger partial charge in [0.2, 0.25) is 0 Å². The van der Waals surface area contributed by atoms with E-state index in [0.717, 1.165) is 12.1 Å². The van der Waals surface area contributed by atoms with E-state index in [-0.39, 0.29) is 18.9 Å². The maximum atomic E-state index is 13.5. The topological polar surface area (TPSA) is 65.1 Å². The molecule has 10 heteroatoms. The fraction of sp³-hybridized carbons (Fsp3) is 0.350. The summed E-state index contributed by atoms with van der Waals surface area (Å²) in [7, 11) is -3.43. The number of hydrogen-bond acceptors (Lipinski definition) is 5. The van der Waals surface area contributed by atoms with Crippen molar-refractivity contribution in [2.75, 3.05) is 26.3 Å². The average Bonchev–Trinajstić information content (AvgIpc) is 2.70. The summed E-state index contributed by atoms with van der Waals surface area (Å²) in [6.45, 7) is 2.52. The van der Waals surface area contributed by atoms with Crippen LogP contribution in [0.2, 0.25) is 0 Å². The summed E-state index contributed by atoms with van der Waals surface area (Å²) in [5.74, 6) is 0.116. The van der Waals surface area contributed by atoms with Crippen LogP contribution in [0.5, 0.6) is 11.5 Å². The molecule has 0 aliphatic carbocycles. The molecule has 0 bridgehead atoms. The Balaban J connectivity index is 1.73. The number of alkyl halides is 3. The van der Waals surface area contributed by atoms with E-state index in [1.54, 1.807) is 31.2 Å². The summed E-state index contributed by atoms with van der Waals surface area (Å²) in [6.07, 6.45) is -3.78. The Hall–Kier alpha value is -2.35. The maximum Gasteiger partial charge on any atom is 0.416 e. The Morgan fingerprint density at radius 1 is 1.10 bits per heavy atom. The van der Waals surface area contributed by atoms with E-state index >= 15 is 0 Å². The first-order valence-corrected chi connectivity index (χ1v) is 10.9. The number of carbonyl (C=O) groups excluding carboxylic acids is 1. The van der Waals surface area contributed by atoms with Gasteiger partial charge in [0, 0.05) is 6.54 Å². The van der Waals surface area contributed by atoms with Gasteiger partial charge in [-0.2, -0.15) is 13.2 Å². The van der Waals surface area contributed by atoms with Crippen LogP contribution in [-0.2, 0) is 24.8 Å². The highest BCUT2D eigenvalue weighted by Crippen LogP contribution is 2.52. The Bertz CT molecular complexity index is 916. The van der Waals surface area contributed by atoms with Crippen LogP contribution >= 0.6 is 7.52 Å². The van der Waals surface area contributed by atoms with Crippen molar-refractivity contribution in [1.82, 2.24) is 4.67 Å². The zero-order chi connectivity index (χ0) is 21.8. The second kappa shape index (κ2) is 9.20. The highest BCUT2D eigenvalue weighted by molar-refractivity contribution is 7.64. The van der Waals surface area contributed by atoms with Gasteiger partial charge in [0.15, 0.2) is 0 Å². The van der Waals surface area contributed by atoms with Gasteiger partial charge < -0.3 is 14.0 Å². The van der Waals surface area contributed by atoms with E-state index in [9.17, 15) is 22.5 Å². The number of hydrogen-bond donors (Lipinski definition) is 0. The molecule has 0 aromatic heterocycles. The third-order valence-corrected chi connectivity index (χ3v) is 6.97.